The van der Waals surface area contributed by atoms with E-state index in [1.54, 1.807) is 30.3 Å². The Labute approximate surface area is 136 Å². The van der Waals surface area contributed by atoms with Crippen LogP contribution < -0.4 is 5.32 Å². The van der Waals surface area contributed by atoms with Crippen molar-refractivity contribution in [3.05, 3.63) is 69.5 Å². The molecule has 0 unspecified atom stereocenters. The number of rotatable bonds is 3. The van der Waals surface area contributed by atoms with Crippen molar-refractivity contribution < 1.29 is 9.18 Å². The minimum Gasteiger partial charge on any atom is -0.319 e. The Morgan fingerprint density at radius 3 is 2.41 bits per heavy atom. The van der Waals surface area contributed by atoms with Crippen LogP contribution in [0.1, 0.15) is 5.56 Å². The zero-order valence-corrected chi connectivity index (χ0v) is 12.6. The summed E-state index contributed by atoms with van der Waals surface area (Å²) in [6, 6.07) is 12.1. The Morgan fingerprint density at radius 2 is 1.82 bits per heavy atom. The average molecular weight is 335 g/mol. The molecule has 3 nitrogen and oxygen atoms in total. The van der Waals surface area contributed by atoms with Gasteiger partial charge in [-0.2, -0.15) is 5.26 Å². The molecule has 0 atom stereocenters. The van der Waals surface area contributed by atoms with E-state index < -0.39 is 11.7 Å². The zero-order valence-electron chi connectivity index (χ0n) is 11.1. The van der Waals surface area contributed by atoms with Crippen molar-refractivity contribution in [2.24, 2.45) is 0 Å². The maximum absolute atomic E-state index is 13.1. The number of hydrogen-bond acceptors (Lipinski definition) is 2. The number of nitrogens with one attached hydrogen (secondary N) is 1. The molecular weight excluding hydrogens is 326 g/mol. The summed E-state index contributed by atoms with van der Waals surface area (Å²) in [6.07, 6.45) is 1.28. The molecule has 6 heteroatoms. The summed E-state index contributed by atoms with van der Waals surface area (Å²) in [5.41, 5.74) is 0.426. The van der Waals surface area contributed by atoms with E-state index in [0.717, 1.165) is 0 Å². The molecule has 1 amide bonds. The molecule has 0 aliphatic heterocycles. The summed E-state index contributed by atoms with van der Waals surface area (Å²) in [7, 11) is 0. The van der Waals surface area contributed by atoms with Crippen molar-refractivity contribution in [1.82, 2.24) is 0 Å². The molecule has 0 saturated carbocycles. The molecule has 0 aliphatic carbocycles. The summed E-state index contributed by atoms with van der Waals surface area (Å²) >= 11 is 11.9. The Balaban J connectivity index is 2.29. The lowest BCUT2D eigenvalue weighted by atomic mass is 10.1. The average Bonchev–Trinajstić information content (AvgIpc) is 2.48. The number of halogens is 3. The first-order valence-electron chi connectivity index (χ1n) is 6.14. The lowest BCUT2D eigenvalue weighted by Crippen LogP contribution is -2.14. The van der Waals surface area contributed by atoms with Gasteiger partial charge in [0.15, 0.2) is 0 Å². The molecule has 0 bridgehead atoms. The quantitative estimate of drug-likeness (QED) is 0.654. The Hall–Kier alpha value is -2.35. The number of hydrogen-bond donors (Lipinski definition) is 1. The molecule has 2 aromatic rings. The van der Waals surface area contributed by atoms with E-state index in [9.17, 15) is 9.18 Å². The highest BCUT2D eigenvalue weighted by molar-refractivity contribution is 6.40. The van der Waals surface area contributed by atoms with Crippen LogP contribution in [0.25, 0.3) is 6.08 Å². The van der Waals surface area contributed by atoms with E-state index in [2.05, 4.69) is 5.32 Å². The van der Waals surface area contributed by atoms with E-state index in [0.29, 0.717) is 5.56 Å². The van der Waals surface area contributed by atoms with Gasteiger partial charge < -0.3 is 5.32 Å². The number of amides is 1. The molecule has 0 spiro atoms. The number of anilines is 1. The summed E-state index contributed by atoms with van der Waals surface area (Å²) < 4.78 is 13.1. The number of carbonyl (C=O) groups excluding carboxylic acids is 1. The van der Waals surface area contributed by atoms with Crippen LogP contribution >= 0.6 is 23.2 Å². The summed E-state index contributed by atoms with van der Waals surface area (Å²) in [5, 5.41) is 12.1. The Bertz CT molecular complexity index is 777. The minimum atomic E-state index is -0.679. The smallest absolute Gasteiger partial charge is 0.266 e. The minimum absolute atomic E-state index is 0.193. The van der Waals surface area contributed by atoms with Crippen molar-refractivity contribution >= 4 is 40.9 Å². The fraction of sp³-hybridized carbons (Fsp3) is 0. The SMILES string of the molecule is N#C/C(=C\c1cccc(F)c1)C(=O)Nc1c(Cl)cccc1Cl. The number of para-hydroxylation sites is 1. The zero-order chi connectivity index (χ0) is 16.1. The molecule has 0 heterocycles. The second kappa shape index (κ2) is 7.08. The van der Waals surface area contributed by atoms with Gasteiger partial charge in [0, 0.05) is 0 Å². The van der Waals surface area contributed by atoms with Gasteiger partial charge >= 0.3 is 0 Å². The molecule has 0 aliphatic rings. The van der Waals surface area contributed by atoms with E-state index >= 15 is 0 Å². The summed E-state index contributed by atoms with van der Waals surface area (Å²) in [5.74, 6) is -1.14. The van der Waals surface area contributed by atoms with Crippen molar-refractivity contribution in [1.29, 1.82) is 5.26 Å². The first-order chi connectivity index (χ1) is 10.5. The van der Waals surface area contributed by atoms with Gasteiger partial charge in [-0.1, -0.05) is 41.4 Å². The van der Waals surface area contributed by atoms with Gasteiger partial charge in [-0.25, -0.2) is 4.39 Å². The fourth-order valence-electron chi connectivity index (χ4n) is 1.71. The van der Waals surface area contributed by atoms with Crippen LogP contribution in [-0.4, -0.2) is 5.91 Å². The largest absolute Gasteiger partial charge is 0.319 e. The molecule has 110 valence electrons. The topological polar surface area (TPSA) is 52.9 Å². The second-order valence-electron chi connectivity index (χ2n) is 4.28. The monoisotopic (exact) mass is 334 g/mol. The molecule has 22 heavy (non-hydrogen) atoms. The van der Waals surface area contributed by atoms with Gasteiger partial charge in [-0.05, 0) is 35.9 Å². The van der Waals surface area contributed by atoms with Crippen LogP contribution in [0.4, 0.5) is 10.1 Å². The number of carbonyl (C=O) groups is 1. The van der Waals surface area contributed by atoms with Crippen molar-refractivity contribution in [3.8, 4) is 6.07 Å². The maximum Gasteiger partial charge on any atom is 0.266 e. The number of nitrogens with zero attached hydrogens (tertiary/aromatic N) is 1. The number of benzene rings is 2. The molecule has 2 aromatic carbocycles. The standard InChI is InChI=1S/C16H9Cl2FN2O/c17-13-5-2-6-14(18)15(13)21-16(22)11(9-20)7-10-3-1-4-12(19)8-10/h1-8H,(H,21,22)/b11-7+. The van der Waals surface area contributed by atoms with E-state index in [-0.39, 0.29) is 21.3 Å². The lowest BCUT2D eigenvalue weighted by molar-refractivity contribution is -0.112. The normalized spacial score (nSPS) is 10.9. The molecule has 0 fully saturated rings. The van der Waals surface area contributed by atoms with Gasteiger partial charge in [0.1, 0.15) is 17.5 Å². The molecule has 1 N–H and O–H groups in total. The molecule has 0 aromatic heterocycles. The maximum atomic E-state index is 13.1. The highest BCUT2D eigenvalue weighted by Crippen LogP contribution is 2.30. The van der Waals surface area contributed by atoms with Gasteiger partial charge in [-0.15, -0.1) is 0 Å². The molecule has 0 saturated heterocycles. The third-order valence-corrected chi connectivity index (χ3v) is 3.36. The van der Waals surface area contributed by atoms with Crippen LogP contribution in [0.3, 0.4) is 0 Å². The van der Waals surface area contributed by atoms with Gasteiger partial charge in [0.05, 0.1) is 15.7 Å². The highest BCUT2D eigenvalue weighted by atomic mass is 35.5. The van der Waals surface area contributed by atoms with Crippen LogP contribution in [0.5, 0.6) is 0 Å². The third kappa shape index (κ3) is 3.85. The number of nitriles is 1. The predicted molar refractivity (Wildman–Crippen MR) is 85.1 cm³/mol. The third-order valence-electron chi connectivity index (χ3n) is 2.73. The van der Waals surface area contributed by atoms with Crippen LogP contribution in [0.15, 0.2) is 48.0 Å². The molecule has 2 rings (SSSR count). The van der Waals surface area contributed by atoms with Crippen LogP contribution in [-0.2, 0) is 4.79 Å². The van der Waals surface area contributed by atoms with E-state index in [1.807, 2.05) is 0 Å². The fourth-order valence-corrected chi connectivity index (χ4v) is 2.20. The van der Waals surface area contributed by atoms with Gasteiger partial charge in [0.2, 0.25) is 0 Å². The molecular formula is C16H9Cl2FN2O. The molecule has 0 radical (unpaired) electrons. The first kappa shape index (κ1) is 16.0. The Morgan fingerprint density at radius 1 is 1.18 bits per heavy atom. The van der Waals surface area contributed by atoms with Crippen LogP contribution in [0.2, 0.25) is 10.0 Å². The summed E-state index contributed by atoms with van der Waals surface area (Å²) in [4.78, 5) is 12.1. The Kier molecular flexibility index (Phi) is 5.16. The first-order valence-corrected chi connectivity index (χ1v) is 6.89. The second-order valence-corrected chi connectivity index (χ2v) is 5.09. The van der Waals surface area contributed by atoms with Gasteiger partial charge in [0.25, 0.3) is 5.91 Å². The van der Waals surface area contributed by atoms with Crippen molar-refractivity contribution in [3.63, 3.8) is 0 Å². The van der Waals surface area contributed by atoms with E-state index in [4.69, 9.17) is 28.5 Å². The summed E-state index contributed by atoms with van der Waals surface area (Å²) in [6.45, 7) is 0. The van der Waals surface area contributed by atoms with Crippen LogP contribution in [0, 0.1) is 17.1 Å². The van der Waals surface area contributed by atoms with Crippen molar-refractivity contribution in [2.45, 2.75) is 0 Å². The predicted octanol–water partition coefficient (Wildman–Crippen LogP) is 4.68. The van der Waals surface area contributed by atoms with Crippen molar-refractivity contribution in [2.75, 3.05) is 5.32 Å². The lowest BCUT2D eigenvalue weighted by Gasteiger charge is -2.08. The highest BCUT2D eigenvalue weighted by Gasteiger charge is 2.13. The van der Waals surface area contributed by atoms with Gasteiger partial charge in [-0.3, -0.25) is 4.79 Å². The van der Waals surface area contributed by atoms with E-state index in [1.165, 1.54) is 24.3 Å².